The molecule has 2 aromatic carbocycles. The Morgan fingerprint density at radius 2 is 1.56 bits per heavy atom. The molecule has 1 atom stereocenters. The van der Waals surface area contributed by atoms with E-state index in [0.29, 0.717) is 17.7 Å². The summed E-state index contributed by atoms with van der Waals surface area (Å²) < 4.78 is 10.9. The van der Waals surface area contributed by atoms with Gasteiger partial charge in [0.1, 0.15) is 0 Å². The molecular formula is C23H28O4. The van der Waals surface area contributed by atoms with Crippen LogP contribution in [-0.2, 0) is 20.7 Å². The van der Waals surface area contributed by atoms with Gasteiger partial charge in [-0.3, -0.25) is 0 Å². The zero-order chi connectivity index (χ0) is 19.5. The number of benzene rings is 2. The predicted octanol–water partition coefficient (Wildman–Crippen LogP) is 5.27. The molecule has 0 aromatic heterocycles. The van der Waals surface area contributed by atoms with Gasteiger partial charge in [-0.25, -0.2) is 9.59 Å². The third kappa shape index (κ3) is 6.24. The lowest BCUT2D eigenvalue weighted by Crippen LogP contribution is -2.23. The van der Waals surface area contributed by atoms with Crippen molar-refractivity contribution in [3.63, 3.8) is 0 Å². The fourth-order valence-corrected chi connectivity index (χ4v) is 2.75. The summed E-state index contributed by atoms with van der Waals surface area (Å²) in [7, 11) is 0. The second-order valence-corrected chi connectivity index (χ2v) is 6.48. The van der Waals surface area contributed by atoms with Crippen LogP contribution < -0.4 is 0 Å². The van der Waals surface area contributed by atoms with E-state index in [0.717, 1.165) is 37.7 Å². The van der Waals surface area contributed by atoms with Crippen LogP contribution in [0.15, 0.2) is 54.6 Å². The van der Waals surface area contributed by atoms with Crippen LogP contribution in [0.5, 0.6) is 0 Å². The van der Waals surface area contributed by atoms with Crippen molar-refractivity contribution >= 4 is 11.9 Å². The van der Waals surface area contributed by atoms with E-state index >= 15 is 0 Å². The van der Waals surface area contributed by atoms with E-state index in [1.54, 1.807) is 18.2 Å². The van der Waals surface area contributed by atoms with E-state index in [9.17, 15) is 9.59 Å². The summed E-state index contributed by atoms with van der Waals surface area (Å²) in [6.45, 7) is 4.46. The van der Waals surface area contributed by atoms with Crippen LogP contribution >= 0.6 is 0 Å². The summed E-state index contributed by atoms with van der Waals surface area (Å²) in [6.07, 6.45) is 3.48. The van der Waals surface area contributed by atoms with Crippen LogP contribution in [0.1, 0.15) is 67.1 Å². The van der Waals surface area contributed by atoms with Gasteiger partial charge in [-0.1, -0.05) is 75.2 Å². The lowest BCUT2D eigenvalue weighted by atomic mass is 10.0. The molecule has 0 heterocycles. The highest BCUT2D eigenvalue weighted by Crippen LogP contribution is 2.23. The number of carbonyl (C=O) groups is 2. The molecule has 0 aliphatic rings. The minimum atomic E-state index is -1.06. The molecule has 0 amide bonds. The molecule has 0 fully saturated rings. The van der Waals surface area contributed by atoms with E-state index in [2.05, 4.69) is 6.92 Å². The Bertz CT molecular complexity index is 724. The average molecular weight is 368 g/mol. The third-order valence-corrected chi connectivity index (χ3v) is 4.32. The molecule has 144 valence electrons. The van der Waals surface area contributed by atoms with Gasteiger partial charge in [0.05, 0.1) is 12.2 Å². The zero-order valence-corrected chi connectivity index (χ0v) is 16.1. The van der Waals surface area contributed by atoms with Crippen molar-refractivity contribution in [2.45, 2.75) is 52.1 Å². The molecule has 0 aliphatic carbocycles. The van der Waals surface area contributed by atoms with E-state index in [1.807, 2.05) is 43.3 Å². The number of aryl methyl sites for hydroxylation is 1. The first-order valence-electron chi connectivity index (χ1n) is 9.67. The minimum Gasteiger partial charge on any atom is -0.463 e. The van der Waals surface area contributed by atoms with Gasteiger partial charge in [0.25, 0.3) is 0 Å². The van der Waals surface area contributed by atoms with Gasteiger partial charge in [-0.05, 0) is 30.9 Å². The first-order valence-corrected chi connectivity index (χ1v) is 9.67. The number of hydrogen-bond acceptors (Lipinski definition) is 4. The Hall–Kier alpha value is -2.62. The number of hydrogen-bond donors (Lipinski definition) is 0. The van der Waals surface area contributed by atoms with Crippen molar-refractivity contribution in [3.8, 4) is 0 Å². The molecule has 0 saturated heterocycles. The molecule has 4 heteroatoms. The summed E-state index contributed by atoms with van der Waals surface area (Å²) in [5, 5.41) is 0. The van der Waals surface area contributed by atoms with Gasteiger partial charge >= 0.3 is 11.9 Å². The summed E-state index contributed by atoms with van der Waals surface area (Å²) in [5.74, 6) is -1.03. The molecule has 0 radical (unpaired) electrons. The lowest BCUT2D eigenvalue weighted by Gasteiger charge is -2.18. The highest BCUT2D eigenvalue weighted by atomic mass is 16.6. The molecule has 0 N–H and O–H groups in total. The van der Waals surface area contributed by atoms with Crippen LogP contribution in [0.25, 0.3) is 0 Å². The normalized spacial score (nSPS) is 11.6. The molecule has 4 nitrogen and oxygen atoms in total. The van der Waals surface area contributed by atoms with Crippen molar-refractivity contribution in [2.75, 3.05) is 6.61 Å². The first kappa shape index (κ1) is 20.7. The molecule has 1 unspecified atom stereocenters. The van der Waals surface area contributed by atoms with Crippen molar-refractivity contribution in [1.82, 2.24) is 0 Å². The van der Waals surface area contributed by atoms with Crippen LogP contribution in [-0.4, -0.2) is 18.5 Å². The number of rotatable bonds is 10. The molecule has 0 bridgehead atoms. The van der Waals surface area contributed by atoms with Crippen LogP contribution in [0.3, 0.4) is 0 Å². The number of esters is 2. The fourth-order valence-electron chi connectivity index (χ4n) is 2.75. The summed E-state index contributed by atoms with van der Waals surface area (Å²) in [4.78, 5) is 25.4. The van der Waals surface area contributed by atoms with Gasteiger partial charge in [0, 0.05) is 5.56 Å². The van der Waals surface area contributed by atoms with Gasteiger partial charge in [0.2, 0.25) is 6.10 Å². The average Bonchev–Trinajstić information content (AvgIpc) is 2.71. The molecule has 27 heavy (non-hydrogen) atoms. The summed E-state index contributed by atoms with van der Waals surface area (Å²) in [6, 6.07) is 16.4. The van der Waals surface area contributed by atoms with Crippen molar-refractivity contribution in [1.29, 1.82) is 0 Å². The van der Waals surface area contributed by atoms with Gasteiger partial charge in [-0.15, -0.1) is 0 Å². The van der Waals surface area contributed by atoms with Crippen molar-refractivity contribution in [3.05, 3.63) is 71.3 Å². The second-order valence-electron chi connectivity index (χ2n) is 6.48. The van der Waals surface area contributed by atoms with Gasteiger partial charge < -0.3 is 9.47 Å². The molecule has 0 saturated carbocycles. The maximum absolute atomic E-state index is 12.8. The van der Waals surface area contributed by atoms with E-state index in [1.165, 1.54) is 0 Å². The standard InChI is InChI=1S/C23H28O4/c1-3-5-12-18-13-10-11-16-20(18)22(24)27-21(19-14-8-7-9-15-19)23(25)26-17-6-4-2/h7-11,13-16,21H,3-6,12,17H2,1-2H3. The molecule has 2 rings (SSSR count). The second kappa shape index (κ2) is 11.2. The smallest absolute Gasteiger partial charge is 0.352 e. The Labute approximate surface area is 161 Å². The Balaban J connectivity index is 2.19. The number of unbranched alkanes of at least 4 members (excludes halogenated alkanes) is 2. The van der Waals surface area contributed by atoms with E-state index < -0.39 is 18.0 Å². The van der Waals surface area contributed by atoms with E-state index in [-0.39, 0.29) is 0 Å². The Kier molecular flexibility index (Phi) is 8.56. The maximum atomic E-state index is 12.8. The Morgan fingerprint density at radius 1 is 0.889 bits per heavy atom. The summed E-state index contributed by atoms with van der Waals surface area (Å²) in [5.41, 5.74) is 2.06. The predicted molar refractivity (Wildman–Crippen MR) is 106 cm³/mol. The molecule has 0 spiro atoms. The van der Waals surface area contributed by atoms with Crippen LogP contribution in [0.2, 0.25) is 0 Å². The zero-order valence-electron chi connectivity index (χ0n) is 16.1. The molecular weight excluding hydrogens is 340 g/mol. The molecule has 0 aliphatic heterocycles. The quantitative estimate of drug-likeness (QED) is 0.423. The Morgan fingerprint density at radius 3 is 2.26 bits per heavy atom. The van der Waals surface area contributed by atoms with Gasteiger partial charge in [-0.2, -0.15) is 0 Å². The number of carbonyl (C=O) groups excluding carboxylic acids is 2. The largest absolute Gasteiger partial charge is 0.463 e. The highest BCUT2D eigenvalue weighted by Gasteiger charge is 2.27. The van der Waals surface area contributed by atoms with E-state index in [4.69, 9.17) is 9.47 Å². The highest BCUT2D eigenvalue weighted by molar-refractivity contribution is 5.93. The molecule has 2 aromatic rings. The lowest BCUT2D eigenvalue weighted by molar-refractivity contribution is -0.154. The summed E-state index contributed by atoms with van der Waals surface area (Å²) >= 11 is 0. The SMILES string of the molecule is CCCCOC(=O)C(OC(=O)c1ccccc1CCCC)c1ccccc1. The topological polar surface area (TPSA) is 52.6 Å². The van der Waals surface area contributed by atoms with Crippen LogP contribution in [0.4, 0.5) is 0 Å². The fraction of sp³-hybridized carbons (Fsp3) is 0.391. The third-order valence-electron chi connectivity index (χ3n) is 4.32. The van der Waals surface area contributed by atoms with Crippen molar-refractivity contribution < 1.29 is 19.1 Å². The monoisotopic (exact) mass is 368 g/mol. The van der Waals surface area contributed by atoms with Crippen molar-refractivity contribution in [2.24, 2.45) is 0 Å². The number of ether oxygens (including phenoxy) is 2. The maximum Gasteiger partial charge on any atom is 0.352 e. The van der Waals surface area contributed by atoms with Gasteiger partial charge in [0.15, 0.2) is 0 Å². The first-order chi connectivity index (χ1) is 13.2. The minimum absolute atomic E-state index is 0.323. The van der Waals surface area contributed by atoms with Crippen LogP contribution in [0, 0.1) is 0 Å².